The number of aldehydes is 1. The molecule has 0 aromatic rings. The van der Waals surface area contributed by atoms with Gasteiger partial charge in [-0.3, -0.25) is 0 Å². The van der Waals surface area contributed by atoms with Crippen molar-refractivity contribution in [1.82, 2.24) is 0 Å². The maximum atomic E-state index is 10.6. The highest BCUT2D eigenvalue weighted by atomic mass is 16.7. The van der Waals surface area contributed by atoms with Crippen molar-refractivity contribution in [3.8, 4) is 0 Å². The number of hydrogen-bond donors (Lipinski definition) is 0. The fourth-order valence-electron chi connectivity index (χ4n) is 1.57. The first kappa shape index (κ1) is 10.7. The van der Waals surface area contributed by atoms with E-state index in [0.717, 1.165) is 38.8 Å². The molecule has 1 heterocycles. The minimum Gasteiger partial charge on any atom is -0.406 e. The average molecular weight is 187 g/mol. The lowest BCUT2D eigenvalue weighted by Gasteiger charge is -2.18. The van der Waals surface area contributed by atoms with Gasteiger partial charge < -0.3 is 14.3 Å². The minimum atomic E-state index is -0.309. The van der Waals surface area contributed by atoms with Crippen molar-refractivity contribution in [3.63, 3.8) is 0 Å². The van der Waals surface area contributed by atoms with Gasteiger partial charge in [0.25, 0.3) is 5.79 Å². The number of carbonyl (C=O) groups excluding carboxylic acids is 1. The highest BCUT2D eigenvalue weighted by Crippen LogP contribution is 2.24. The van der Waals surface area contributed by atoms with Gasteiger partial charge in [-0.1, -0.05) is 6.92 Å². The Labute approximate surface area is 79.4 Å². The van der Waals surface area contributed by atoms with Crippen molar-refractivity contribution < 1.29 is 14.3 Å². The van der Waals surface area contributed by atoms with Crippen molar-refractivity contribution in [2.24, 2.45) is 5.92 Å². The zero-order chi connectivity index (χ0) is 9.73. The molecule has 1 fully saturated rings. The van der Waals surface area contributed by atoms with Gasteiger partial charge in [0.2, 0.25) is 0 Å². The first-order valence-electron chi connectivity index (χ1n) is 4.98. The number of carbonyl (C=O) groups is 1. The predicted molar refractivity (Wildman–Crippen MR) is 50.5 cm³/mol. The Morgan fingerprint density at radius 2 is 2.46 bits per heavy atom. The molecule has 0 radical (unpaired) electrons. The fourth-order valence-corrected chi connectivity index (χ4v) is 1.57. The van der Waals surface area contributed by atoms with Gasteiger partial charge in [-0.2, -0.15) is 0 Å². The van der Waals surface area contributed by atoms with E-state index in [1.165, 1.54) is 0 Å². The molecule has 3 nitrogen and oxygen atoms in total. The molecule has 0 amide bonds. The van der Waals surface area contributed by atoms with Crippen LogP contribution in [0, 0.1) is 5.92 Å². The average Bonchev–Trinajstić information content (AvgIpc) is 2.55. The van der Waals surface area contributed by atoms with E-state index in [0.29, 0.717) is 0 Å². The molecule has 1 saturated heterocycles. The van der Waals surface area contributed by atoms with Gasteiger partial charge in [-0.15, -0.1) is 0 Å². The van der Waals surface area contributed by atoms with E-state index in [9.17, 15) is 4.79 Å². The maximum Gasteiger partial charge on any atom is 0.271 e. The van der Waals surface area contributed by atoms with Crippen LogP contribution in [0.2, 0.25) is 0 Å². The molecule has 1 aliphatic heterocycles. The van der Waals surface area contributed by atoms with Gasteiger partial charge in [-0.05, 0) is 12.8 Å². The van der Waals surface area contributed by atoms with Gasteiger partial charge in [0.1, 0.15) is 12.9 Å². The second-order valence-electron chi connectivity index (χ2n) is 3.75. The molecule has 3 heteroatoms. The Morgan fingerprint density at radius 3 is 2.92 bits per heavy atom. The number of aliphatic hydroxyl groups is 2. The minimum absolute atomic E-state index is 0.177. The quantitative estimate of drug-likeness (QED) is 0.480. The third-order valence-electron chi connectivity index (χ3n) is 2.65. The summed E-state index contributed by atoms with van der Waals surface area (Å²) in [6.07, 6.45) is 3.71. The summed E-state index contributed by atoms with van der Waals surface area (Å²) in [5.74, 6) is -0.132. The second-order valence-corrected chi connectivity index (χ2v) is 3.75. The Kier molecular flexibility index (Phi) is 3.88. The molecule has 1 N–H and O–H groups in total. The zero-order valence-corrected chi connectivity index (χ0v) is 8.45. The lowest BCUT2D eigenvalue weighted by Crippen LogP contribution is -2.29. The molecule has 13 heavy (non-hydrogen) atoms. The van der Waals surface area contributed by atoms with Crippen molar-refractivity contribution in [2.75, 3.05) is 13.2 Å². The smallest absolute Gasteiger partial charge is 0.271 e. The molecule has 0 aromatic carbocycles. The highest BCUT2D eigenvalue weighted by molar-refractivity contribution is 5.53. The molecular formula is C10H19O3+. The van der Waals surface area contributed by atoms with E-state index in [-0.39, 0.29) is 11.7 Å². The normalized spacial score (nSPS) is 30.3. The van der Waals surface area contributed by atoms with Gasteiger partial charge in [0.15, 0.2) is 6.61 Å². The Balaban J connectivity index is 2.27. The molecule has 1 aliphatic rings. The fraction of sp³-hybridized carbons (Fsp3) is 0.900. The van der Waals surface area contributed by atoms with Crippen LogP contribution in [0.1, 0.15) is 33.1 Å². The maximum absolute atomic E-state index is 10.6. The van der Waals surface area contributed by atoms with Crippen LogP contribution in [-0.2, 0) is 9.53 Å². The molecular weight excluding hydrogens is 168 g/mol. The molecule has 0 aliphatic carbocycles. The largest absolute Gasteiger partial charge is 0.406 e. The van der Waals surface area contributed by atoms with Crippen molar-refractivity contribution in [1.29, 1.82) is 0 Å². The third kappa shape index (κ3) is 3.08. The van der Waals surface area contributed by atoms with E-state index in [1.54, 1.807) is 0 Å². The first-order valence-corrected chi connectivity index (χ1v) is 4.98. The Hall–Kier alpha value is -0.410. The summed E-state index contributed by atoms with van der Waals surface area (Å²) in [5.41, 5.74) is 0. The Morgan fingerprint density at radius 1 is 1.69 bits per heavy atom. The van der Waals surface area contributed by atoms with E-state index in [4.69, 9.17) is 4.74 Å². The lowest BCUT2D eigenvalue weighted by atomic mass is 9.99. The number of rotatable bonds is 5. The van der Waals surface area contributed by atoms with E-state index < -0.39 is 0 Å². The first-order chi connectivity index (χ1) is 6.20. The van der Waals surface area contributed by atoms with E-state index >= 15 is 0 Å². The molecule has 1 rings (SSSR count). The van der Waals surface area contributed by atoms with Crippen molar-refractivity contribution in [3.05, 3.63) is 0 Å². The van der Waals surface area contributed by atoms with E-state index in [2.05, 4.69) is 4.74 Å². The molecule has 0 saturated carbocycles. The van der Waals surface area contributed by atoms with Gasteiger partial charge in [0.05, 0.1) is 6.42 Å². The molecule has 2 unspecified atom stereocenters. The number of ether oxygens (including phenoxy) is 2. The summed E-state index contributed by atoms with van der Waals surface area (Å²) in [7, 11) is 0. The molecule has 0 spiro atoms. The van der Waals surface area contributed by atoms with Gasteiger partial charge in [0, 0.05) is 12.8 Å². The molecule has 0 bridgehead atoms. The van der Waals surface area contributed by atoms with Crippen LogP contribution >= 0.6 is 0 Å². The van der Waals surface area contributed by atoms with Crippen LogP contribution in [0.15, 0.2) is 0 Å². The Bertz CT molecular complexity index is 162. The molecule has 2 atom stereocenters. The molecule has 76 valence electrons. The molecule has 0 aromatic heterocycles. The standard InChI is InChI=1S/C10H18O3/c1-3-9(8-11)4-5-10(2)12-6-7-13-10/h8-9H,3-7H2,1-2H3/p+1. The topological polar surface area (TPSA) is 39.1 Å². The van der Waals surface area contributed by atoms with Crippen LogP contribution in [0.5, 0.6) is 0 Å². The SMILES string of the molecule is CCC(C=O)CCC1(C)OCC[OH+]1. The van der Waals surface area contributed by atoms with Gasteiger partial charge >= 0.3 is 0 Å². The summed E-state index contributed by atoms with van der Waals surface area (Å²) in [6, 6.07) is 0. The lowest BCUT2D eigenvalue weighted by molar-refractivity contribution is -0.240. The second kappa shape index (κ2) is 4.72. The summed E-state index contributed by atoms with van der Waals surface area (Å²) >= 11 is 0. The summed E-state index contributed by atoms with van der Waals surface area (Å²) in [5, 5.41) is 0. The van der Waals surface area contributed by atoms with Crippen LogP contribution in [0.25, 0.3) is 0 Å². The predicted octanol–water partition coefficient (Wildman–Crippen LogP) is 1.27. The van der Waals surface area contributed by atoms with Crippen LogP contribution in [-0.4, -0.2) is 30.0 Å². The van der Waals surface area contributed by atoms with Crippen LogP contribution in [0.3, 0.4) is 0 Å². The van der Waals surface area contributed by atoms with E-state index in [1.807, 2.05) is 13.8 Å². The van der Waals surface area contributed by atoms with Gasteiger partial charge in [-0.25, -0.2) is 0 Å². The van der Waals surface area contributed by atoms with Crippen molar-refractivity contribution in [2.45, 2.75) is 38.9 Å². The monoisotopic (exact) mass is 187 g/mol. The van der Waals surface area contributed by atoms with Crippen LogP contribution < -0.4 is 0 Å². The zero-order valence-electron chi connectivity index (χ0n) is 8.45. The van der Waals surface area contributed by atoms with Crippen molar-refractivity contribution >= 4 is 6.29 Å². The number of hydrogen-bond acceptors (Lipinski definition) is 2. The van der Waals surface area contributed by atoms with Crippen LogP contribution in [0.4, 0.5) is 0 Å². The summed E-state index contributed by atoms with van der Waals surface area (Å²) in [6.45, 7) is 5.56. The third-order valence-corrected chi connectivity index (χ3v) is 2.65. The highest BCUT2D eigenvalue weighted by Gasteiger charge is 2.36. The summed E-state index contributed by atoms with van der Waals surface area (Å²) < 4.78 is 9.87. The summed E-state index contributed by atoms with van der Waals surface area (Å²) in [4.78, 5) is 10.6.